The van der Waals surface area contributed by atoms with E-state index in [0.717, 1.165) is 11.6 Å². The average Bonchev–Trinajstić information content (AvgIpc) is 2.23. The molecule has 0 aliphatic heterocycles. The smallest absolute Gasteiger partial charge is 0.0780 e. The SMILES string of the molecule is CCCCCCCCCC[N+](C)(C)C.C[O-]. The Morgan fingerprint density at radius 2 is 1.06 bits per heavy atom. The third-order valence-electron chi connectivity index (χ3n) is 2.68. The molecule has 0 aliphatic carbocycles. The molecule has 0 N–H and O–H groups in total. The number of nitrogens with zero attached hydrogens (tertiary/aromatic N) is 1. The maximum atomic E-state index is 8.25. The molecule has 0 heterocycles. The largest absolute Gasteiger partial charge is 0.857 e. The van der Waals surface area contributed by atoms with Crippen LogP contribution < -0.4 is 5.11 Å². The summed E-state index contributed by atoms with van der Waals surface area (Å²) >= 11 is 0. The molecule has 0 unspecified atom stereocenters. The van der Waals surface area contributed by atoms with Crippen LogP contribution in [0.1, 0.15) is 58.3 Å². The molecule has 0 saturated carbocycles. The highest BCUT2D eigenvalue weighted by molar-refractivity contribution is 4.45. The lowest BCUT2D eigenvalue weighted by Crippen LogP contribution is -2.35. The Hall–Kier alpha value is -0.0800. The molecule has 100 valence electrons. The molecule has 0 aromatic carbocycles. The van der Waals surface area contributed by atoms with Crippen molar-refractivity contribution in [2.24, 2.45) is 0 Å². The second kappa shape index (κ2) is 13.0. The molecule has 2 nitrogen and oxygen atoms in total. The molecular formula is C14H33NO. The van der Waals surface area contributed by atoms with Crippen molar-refractivity contribution in [2.45, 2.75) is 58.3 Å². The fourth-order valence-electron chi connectivity index (χ4n) is 1.72. The predicted molar refractivity (Wildman–Crippen MR) is 71.4 cm³/mol. The van der Waals surface area contributed by atoms with Crippen LogP contribution in [0.25, 0.3) is 0 Å². The molecule has 0 bridgehead atoms. The maximum absolute atomic E-state index is 8.25. The topological polar surface area (TPSA) is 23.1 Å². The molecule has 0 atom stereocenters. The first-order valence-electron chi connectivity index (χ1n) is 6.77. The minimum absolute atomic E-state index is 0.750. The molecule has 0 aromatic rings. The average molecular weight is 231 g/mol. The van der Waals surface area contributed by atoms with Gasteiger partial charge in [0.25, 0.3) is 0 Å². The fourth-order valence-corrected chi connectivity index (χ4v) is 1.72. The highest BCUT2D eigenvalue weighted by atomic mass is 16.2. The number of unbranched alkanes of at least 4 members (excludes halogenated alkanes) is 7. The molecule has 0 aliphatic rings. The Bertz CT molecular complexity index is 118. The fraction of sp³-hybridized carbons (Fsp3) is 1.00. The number of hydrogen-bond acceptors (Lipinski definition) is 1. The van der Waals surface area contributed by atoms with Gasteiger partial charge in [0.15, 0.2) is 0 Å². The molecule has 0 fully saturated rings. The quantitative estimate of drug-likeness (QED) is 0.442. The first kappa shape index (κ1) is 18.3. The van der Waals surface area contributed by atoms with Crippen molar-refractivity contribution in [1.29, 1.82) is 0 Å². The summed E-state index contributed by atoms with van der Waals surface area (Å²) in [6.07, 6.45) is 11.4. The molecule has 0 spiro atoms. The third kappa shape index (κ3) is 19.5. The summed E-state index contributed by atoms with van der Waals surface area (Å²) < 4.78 is 1.12. The van der Waals surface area contributed by atoms with Gasteiger partial charge in [-0.15, -0.1) is 0 Å². The highest BCUT2D eigenvalue weighted by Crippen LogP contribution is 2.09. The van der Waals surface area contributed by atoms with Gasteiger partial charge < -0.3 is 9.59 Å². The normalized spacial score (nSPS) is 10.9. The number of rotatable bonds is 9. The van der Waals surface area contributed by atoms with E-state index in [0.29, 0.717) is 0 Å². The van der Waals surface area contributed by atoms with Crippen LogP contribution in [0.5, 0.6) is 0 Å². The summed E-state index contributed by atoms with van der Waals surface area (Å²) in [7, 11) is 7.59. The third-order valence-corrected chi connectivity index (χ3v) is 2.68. The van der Waals surface area contributed by atoms with E-state index in [-0.39, 0.29) is 0 Å². The van der Waals surface area contributed by atoms with Crippen molar-refractivity contribution < 1.29 is 9.59 Å². The molecule has 0 saturated heterocycles. The summed E-state index contributed by atoms with van der Waals surface area (Å²) in [5.74, 6) is 0. The summed E-state index contributed by atoms with van der Waals surface area (Å²) in [6, 6.07) is 0. The van der Waals surface area contributed by atoms with Crippen LogP contribution in [-0.2, 0) is 0 Å². The minimum atomic E-state index is 0.750. The van der Waals surface area contributed by atoms with E-state index >= 15 is 0 Å². The summed E-state index contributed by atoms with van der Waals surface area (Å²) in [5, 5.41) is 8.25. The first-order valence-corrected chi connectivity index (χ1v) is 6.77. The Balaban J connectivity index is 0. The van der Waals surface area contributed by atoms with E-state index in [1.165, 1.54) is 57.9 Å². The molecular weight excluding hydrogens is 198 g/mol. The Morgan fingerprint density at radius 3 is 1.44 bits per heavy atom. The molecule has 16 heavy (non-hydrogen) atoms. The van der Waals surface area contributed by atoms with Gasteiger partial charge in [0.1, 0.15) is 0 Å². The van der Waals surface area contributed by atoms with Crippen molar-refractivity contribution in [3.8, 4) is 0 Å². The zero-order chi connectivity index (χ0) is 12.9. The van der Waals surface area contributed by atoms with Crippen molar-refractivity contribution in [3.05, 3.63) is 0 Å². The lowest BCUT2D eigenvalue weighted by molar-refractivity contribution is -0.870. The Morgan fingerprint density at radius 1 is 0.688 bits per heavy atom. The summed E-state index contributed by atoms with van der Waals surface area (Å²) in [4.78, 5) is 0. The van der Waals surface area contributed by atoms with Crippen LogP contribution >= 0.6 is 0 Å². The Kier molecular flexibility index (Phi) is 14.8. The van der Waals surface area contributed by atoms with Gasteiger partial charge in [-0.25, -0.2) is 0 Å². The van der Waals surface area contributed by atoms with Crippen molar-refractivity contribution >= 4 is 0 Å². The first-order chi connectivity index (χ1) is 7.56. The molecule has 0 aromatic heterocycles. The monoisotopic (exact) mass is 231 g/mol. The minimum Gasteiger partial charge on any atom is -0.857 e. The van der Waals surface area contributed by atoms with Gasteiger partial charge in [-0.05, 0) is 12.8 Å². The summed E-state index contributed by atoms with van der Waals surface area (Å²) in [5.41, 5.74) is 0. The number of quaternary nitrogens is 1. The van der Waals surface area contributed by atoms with Gasteiger partial charge in [0.2, 0.25) is 0 Å². The number of hydrogen-bond donors (Lipinski definition) is 0. The van der Waals surface area contributed by atoms with E-state index < -0.39 is 0 Å². The van der Waals surface area contributed by atoms with Crippen LogP contribution in [-0.4, -0.2) is 39.3 Å². The lowest BCUT2D eigenvalue weighted by atomic mass is 10.1. The van der Waals surface area contributed by atoms with E-state index in [2.05, 4.69) is 28.1 Å². The standard InChI is InChI=1S/C13H30N.CH3O/c1-5-6-7-8-9-10-11-12-13-14(2,3)4;1-2/h5-13H2,1-4H3;1H3/q+1;-1. The van der Waals surface area contributed by atoms with E-state index in [1.54, 1.807) is 0 Å². The van der Waals surface area contributed by atoms with Crippen LogP contribution in [0.3, 0.4) is 0 Å². The zero-order valence-electron chi connectivity index (χ0n) is 12.2. The second-order valence-electron chi connectivity index (χ2n) is 5.49. The van der Waals surface area contributed by atoms with E-state index in [9.17, 15) is 0 Å². The van der Waals surface area contributed by atoms with Crippen molar-refractivity contribution in [3.63, 3.8) is 0 Å². The van der Waals surface area contributed by atoms with Gasteiger partial charge in [0, 0.05) is 0 Å². The maximum Gasteiger partial charge on any atom is 0.0780 e. The van der Waals surface area contributed by atoms with Gasteiger partial charge in [-0.1, -0.05) is 45.4 Å². The molecule has 0 radical (unpaired) electrons. The van der Waals surface area contributed by atoms with Gasteiger partial charge in [-0.2, -0.15) is 7.11 Å². The van der Waals surface area contributed by atoms with Crippen LogP contribution in [0, 0.1) is 0 Å². The van der Waals surface area contributed by atoms with Gasteiger partial charge in [-0.3, -0.25) is 0 Å². The predicted octanol–water partition coefficient (Wildman–Crippen LogP) is 2.81. The zero-order valence-corrected chi connectivity index (χ0v) is 12.2. The van der Waals surface area contributed by atoms with Crippen LogP contribution in [0.2, 0.25) is 0 Å². The van der Waals surface area contributed by atoms with E-state index in [1.807, 2.05) is 0 Å². The van der Waals surface area contributed by atoms with E-state index in [4.69, 9.17) is 5.11 Å². The Labute approximate surface area is 103 Å². The van der Waals surface area contributed by atoms with Crippen molar-refractivity contribution in [1.82, 2.24) is 0 Å². The molecule has 2 heteroatoms. The van der Waals surface area contributed by atoms with Crippen LogP contribution in [0.15, 0.2) is 0 Å². The second-order valence-corrected chi connectivity index (χ2v) is 5.49. The van der Waals surface area contributed by atoms with Crippen molar-refractivity contribution in [2.75, 3.05) is 34.8 Å². The molecule has 0 rings (SSSR count). The molecule has 0 amide bonds. The highest BCUT2D eigenvalue weighted by Gasteiger charge is 2.04. The van der Waals surface area contributed by atoms with Gasteiger partial charge in [0.05, 0.1) is 27.7 Å². The van der Waals surface area contributed by atoms with Crippen LogP contribution in [0.4, 0.5) is 0 Å². The van der Waals surface area contributed by atoms with Gasteiger partial charge >= 0.3 is 0 Å². The lowest BCUT2D eigenvalue weighted by Gasteiger charge is -2.23. The summed E-state index contributed by atoms with van der Waals surface area (Å²) in [6.45, 7) is 3.61.